The van der Waals surface area contributed by atoms with Gasteiger partial charge < -0.3 is 24.8 Å². The van der Waals surface area contributed by atoms with Gasteiger partial charge in [0.05, 0.1) is 17.9 Å². The average Bonchev–Trinajstić information content (AvgIpc) is 2.96. The smallest absolute Gasteiger partial charge is 0.325 e. The molecule has 0 aliphatic carbocycles. The summed E-state index contributed by atoms with van der Waals surface area (Å²) in [4.78, 5) is 11.1. The first-order valence-corrected chi connectivity index (χ1v) is 5.19. The van der Waals surface area contributed by atoms with Gasteiger partial charge in [-0.05, 0) is 12.1 Å². The number of aliphatic carboxylic acids is 1. The van der Waals surface area contributed by atoms with E-state index in [1.807, 2.05) is 0 Å². The number of phenolic OH excluding ortho intramolecular Hbond substituents is 1. The van der Waals surface area contributed by atoms with Crippen molar-refractivity contribution in [2.24, 2.45) is 5.73 Å². The van der Waals surface area contributed by atoms with E-state index in [1.165, 1.54) is 18.6 Å². The predicted octanol–water partition coefficient (Wildman–Crippen LogP) is 1.97. The number of benzene rings is 1. The van der Waals surface area contributed by atoms with E-state index < -0.39 is 12.0 Å². The Labute approximate surface area is 100 Å². The van der Waals surface area contributed by atoms with Crippen LogP contribution in [-0.2, 0) is 4.79 Å². The zero-order chi connectivity index (χ0) is 12.9. The lowest BCUT2D eigenvalue weighted by Gasteiger charge is -2.09. The molecule has 0 aliphatic heterocycles. The molecule has 1 aromatic carbocycles. The third-order valence-corrected chi connectivity index (χ3v) is 2.91. The lowest BCUT2D eigenvalue weighted by atomic mass is 10.00. The molecule has 2 aromatic heterocycles. The maximum Gasteiger partial charge on any atom is 0.325 e. The molecule has 0 saturated carbocycles. The molecule has 0 amide bonds. The highest BCUT2D eigenvalue weighted by atomic mass is 16.4. The van der Waals surface area contributed by atoms with Gasteiger partial charge in [0.15, 0.2) is 11.3 Å². The minimum Gasteiger partial charge on any atom is -0.504 e. The summed E-state index contributed by atoms with van der Waals surface area (Å²) in [5.74, 6) is -1.26. The molecule has 0 fully saturated rings. The van der Waals surface area contributed by atoms with E-state index in [9.17, 15) is 9.90 Å². The molecule has 2 heterocycles. The highest BCUT2D eigenvalue weighted by Gasteiger charge is 2.26. The number of carbonyl (C=O) groups is 1. The fourth-order valence-corrected chi connectivity index (χ4v) is 2.09. The Morgan fingerprint density at radius 3 is 2.44 bits per heavy atom. The van der Waals surface area contributed by atoms with Gasteiger partial charge in [-0.2, -0.15) is 0 Å². The molecule has 3 aromatic rings. The van der Waals surface area contributed by atoms with Gasteiger partial charge >= 0.3 is 5.97 Å². The first-order valence-electron chi connectivity index (χ1n) is 5.19. The molecule has 0 radical (unpaired) electrons. The van der Waals surface area contributed by atoms with Crippen LogP contribution in [-0.4, -0.2) is 16.2 Å². The Morgan fingerprint density at radius 2 is 1.78 bits per heavy atom. The van der Waals surface area contributed by atoms with Gasteiger partial charge in [0, 0.05) is 10.9 Å². The third kappa shape index (κ3) is 1.23. The van der Waals surface area contributed by atoms with Crippen molar-refractivity contribution in [3.8, 4) is 5.75 Å². The van der Waals surface area contributed by atoms with Gasteiger partial charge in [0.2, 0.25) is 0 Å². The summed E-state index contributed by atoms with van der Waals surface area (Å²) in [5.41, 5.74) is 6.42. The standard InChI is InChI=1S/C12H9NO5/c13-8(12(15)16)7-5-1-3-18-11(5)9(14)6-2-4-17-10(6)7/h1-4,8,14H,13H2,(H,15,16). The van der Waals surface area contributed by atoms with Crippen molar-refractivity contribution < 1.29 is 23.8 Å². The van der Waals surface area contributed by atoms with Crippen LogP contribution in [0.25, 0.3) is 21.9 Å². The van der Waals surface area contributed by atoms with Gasteiger partial charge in [0.25, 0.3) is 0 Å². The Bertz CT molecular complexity index is 703. The number of fused-ring (bicyclic) bond motifs is 2. The van der Waals surface area contributed by atoms with Crippen LogP contribution >= 0.6 is 0 Å². The van der Waals surface area contributed by atoms with Gasteiger partial charge in [0.1, 0.15) is 11.6 Å². The van der Waals surface area contributed by atoms with Crippen molar-refractivity contribution in [3.63, 3.8) is 0 Å². The number of rotatable bonds is 2. The zero-order valence-electron chi connectivity index (χ0n) is 9.08. The summed E-state index contributed by atoms with van der Waals surface area (Å²) in [6, 6.07) is 1.83. The number of carboxylic acids is 1. The highest BCUT2D eigenvalue weighted by molar-refractivity contribution is 6.06. The van der Waals surface area contributed by atoms with Crippen molar-refractivity contribution in [1.29, 1.82) is 0 Å². The number of hydrogen-bond donors (Lipinski definition) is 3. The van der Waals surface area contributed by atoms with Crippen LogP contribution in [0, 0.1) is 0 Å². The number of furan rings is 2. The molecule has 92 valence electrons. The van der Waals surface area contributed by atoms with Crippen LogP contribution in [0.4, 0.5) is 0 Å². The van der Waals surface area contributed by atoms with Crippen molar-refractivity contribution >= 4 is 27.9 Å². The van der Waals surface area contributed by atoms with E-state index in [4.69, 9.17) is 19.7 Å². The van der Waals surface area contributed by atoms with Gasteiger partial charge in [-0.25, -0.2) is 0 Å². The number of hydrogen-bond acceptors (Lipinski definition) is 5. The molecule has 6 heteroatoms. The van der Waals surface area contributed by atoms with E-state index in [0.717, 1.165) is 0 Å². The second-order valence-electron chi connectivity index (χ2n) is 3.90. The van der Waals surface area contributed by atoms with Crippen molar-refractivity contribution in [2.45, 2.75) is 6.04 Å². The van der Waals surface area contributed by atoms with Gasteiger partial charge in [-0.15, -0.1) is 0 Å². The van der Waals surface area contributed by atoms with E-state index >= 15 is 0 Å². The molecule has 3 rings (SSSR count). The van der Waals surface area contributed by atoms with Crippen LogP contribution < -0.4 is 5.73 Å². The third-order valence-electron chi connectivity index (χ3n) is 2.91. The molecule has 18 heavy (non-hydrogen) atoms. The quantitative estimate of drug-likeness (QED) is 0.638. The fourth-order valence-electron chi connectivity index (χ4n) is 2.09. The Kier molecular flexibility index (Phi) is 2.08. The van der Waals surface area contributed by atoms with E-state index in [0.29, 0.717) is 16.3 Å². The molecule has 1 atom stereocenters. The fraction of sp³-hybridized carbons (Fsp3) is 0.0833. The summed E-state index contributed by atoms with van der Waals surface area (Å²) in [5, 5.41) is 19.8. The summed E-state index contributed by atoms with van der Waals surface area (Å²) in [6.45, 7) is 0. The normalized spacial score (nSPS) is 13.2. The minimum absolute atomic E-state index is 0.0833. The maximum atomic E-state index is 11.1. The topological polar surface area (TPSA) is 110 Å². The van der Waals surface area contributed by atoms with Crippen LogP contribution in [0.1, 0.15) is 11.6 Å². The number of phenols is 1. The van der Waals surface area contributed by atoms with Crippen LogP contribution in [0.15, 0.2) is 33.5 Å². The van der Waals surface area contributed by atoms with Crippen LogP contribution in [0.3, 0.4) is 0 Å². The van der Waals surface area contributed by atoms with Crippen molar-refractivity contribution in [2.75, 3.05) is 0 Å². The predicted molar refractivity (Wildman–Crippen MR) is 62.2 cm³/mol. The summed E-state index contributed by atoms with van der Waals surface area (Å²) in [7, 11) is 0. The zero-order valence-corrected chi connectivity index (χ0v) is 9.08. The van der Waals surface area contributed by atoms with E-state index in [1.54, 1.807) is 6.07 Å². The van der Waals surface area contributed by atoms with E-state index in [-0.39, 0.29) is 16.9 Å². The first-order chi connectivity index (χ1) is 8.61. The molecular weight excluding hydrogens is 238 g/mol. The molecule has 1 unspecified atom stereocenters. The van der Waals surface area contributed by atoms with Crippen LogP contribution in [0.5, 0.6) is 5.75 Å². The monoisotopic (exact) mass is 247 g/mol. The summed E-state index contributed by atoms with van der Waals surface area (Å²) >= 11 is 0. The molecule has 6 nitrogen and oxygen atoms in total. The Morgan fingerprint density at radius 1 is 1.17 bits per heavy atom. The average molecular weight is 247 g/mol. The minimum atomic E-state index is -1.25. The Balaban J connectivity index is 2.51. The lowest BCUT2D eigenvalue weighted by Crippen LogP contribution is -2.21. The lowest BCUT2D eigenvalue weighted by molar-refractivity contribution is -0.138. The van der Waals surface area contributed by atoms with Crippen molar-refractivity contribution in [1.82, 2.24) is 0 Å². The molecular formula is C12H9NO5. The van der Waals surface area contributed by atoms with Gasteiger partial charge in [-0.1, -0.05) is 0 Å². The Hall–Kier alpha value is -2.47. The van der Waals surface area contributed by atoms with E-state index in [2.05, 4.69) is 0 Å². The first kappa shape index (κ1) is 10.7. The molecule has 0 aliphatic rings. The largest absolute Gasteiger partial charge is 0.504 e. The summed E-state index contributed by atoms with van der Waals surface area (Å²) < 4.78 is 10.4. The van der Waals surface area contributed by atoms with Crippen LogP contribution in [0.2, 0.25) is 0 Å². The SMILES string of the molecule is NC(C(=O)O)c1c2ccoc2c(O)c2ccoc12. The second-order valence-corrected chi connectivity index (χ2v) is 3.90. The number of aromatic hydroxyl groups is 1. The maximum absolute atomic E-state index is 11.1. The summed E-state index contributed by atoms with van der Waals surface area (Å²) in [6.07, 6.45) is 2.72. The number of nitrogens with two attached hydrogens (primary N) is 1. The molecule has 0 bridgehead atoms. The molecule has 0 saturated heterocycles. The highest BCUT2D eigenvalue weighted by Crippen LogP contribution is 2.40. The van der Waals surface area contributed by atoms with Gasteiger partial charge in [-0.3, -0.25) is 4.79 Å². The molecule has 4 N–H and O–H groups in total. The van der Waals surface area contributed by atoms with Crippen molar-refractivity contribution in [3.05, 3.63) is 30.2 Å². The second kappa shape index (κ2) is 3.51. The molecule has 0 spiro atoms. The number of carboxylic acid groups (broad SMARTS) is 1.